The van der Waals surface area contributed by atoms with Crippen molar-refractivity contribution in [3.8, 4) is 0 Å². The zero-order valence-corrected chi connectivity index (χ0v) is 13.1. The normalized spacial score (nSPS) is 24.6. The first kappa shape index (κ1) is 15.8. The number of amides is 1. The lowest BCUT2D eigenvalue weighted by Crippen LogP contribution is -2.36. The molecule has 1 amide bonds. The summed E-state index contributed by atoms with van der Waals surface area (Å²) in [6.45, 7) is 12.3. The minimum atomic E-state index is 0.143. The number of rotatable bonds is 5. The van der Waals surface area contributed by atoms with Gasteiger partial charge in [0.15, 0.2) is 0 Å². The van der Waals surface area contributed by atoms with E-state index >= 15 is 0 Å². The van der Waals surface area contributed by atoms with Crippen LogP contribution in [-0.2, 0) is 9.53 Å². The number of carbonyl (C=O) groups excluding carboxylic acids is 1. The Bertz CT molecular complexity index is 273. The third-order valence-electron chi connectivity index (χ3n) is 3.12. The summed E-state index contributed by atoms with van der Waals surface area (Å²) >= 11 is 1.69. The van der Waals surface area contributed by atoms with Crippen molar-refractivity contribution in [3.05, 3.63) is 0 Å². The van der Waals surface area contributed by atoms with Crippen LogP contribution in [0.4, 0.5) is 0 Å². The highest BCUT2D eigenvalue weighted by Gasteiger charge is 2.30. The molecule has 0 radical (unpaired) electrons. The van der Waals surface area contributed by atoms with E-state index < -0.39 is 0 Å². The Labute approximate surface area is 115 Å². The van der Waals surface area contributed by atoms with Gasteiger partial charge in [0.1, 0.15) is 0 Å². The monoisotopic (exact) mass is 273 g/mol. The molecule has 2 atom stereocenters. The smallest absolute Gasteiger partial charge is 0.230 e. The summed E-state index contributed by atoms with van der Waals surface area (Å²) in [4.78, 5) is 11.8. The molecule has 4 heteroatoms. The van der Waals surface area contributed by atoms with Crippen molar-refractivity contribution in [2.75, 3.05) is 18.9 Å². The first-order chi connectivity index (χ1) is 8.29. The van der Waals surface area contributed by atoms with Gasteiger partial charge in [-0.1, -0.05) is 34.6 Å². The molecule has 0 aromatic heterocycles. The largest absolute Gasteiger partial charge is 0.378 e. The molecule has 0 aromatic carbocycles. The van der Waals surface area contributed by atoms with Gasteiger partial charge in [0.25, 0.3) is 0 Å². The maximum atomic E-state index is 11.8. The first-order valence-electron chi connectivity index (χ1n) is 6.82. The highest BCUT2D eigenvalue weighted by atomic mass is 32.2. The highest BCUT2D eigenvalue weighted by Crippen LogP contribution is 2.26. The van der Waals surface area contributed by atoms with Crippen LogP contribution < -0.4 is 5.32 Å². The Hall–Kier alpha value is -0.220. The second-order valence-electron chi connectivity index (χ2n) is 6.33. The van der Waals surface area contributed by atoms with Gasteiger partial charge in [-0.2, -0.15) is 0 Å². The predicted molar refractivity (Wildman–Crippen MR) is 77.9 cm³/mol. The average molecular weight is 273 g/mol. The fourth-order valence-corrected chi connectivity index (χ4v) is 2.86. The quantitative estimate of drug-likeness (QED) is 0.837. The van der Waals surface area contributed by atoms with Gasteiger partial charge in [-0.05, 0) is 12.3 Å². The molecule has 1 heterocycles. The van der Waals surface area contributed by atoms with E-state index in [2.05, 4.69) is 39.9 Å². The van der Waals surface area contributed by atoms with Crippen LogP contribution in [0, 0.1) is 11.8 Å². The third kappa shape index (κ3) is 5.61. The maximum Gasteiger partial charge on any atom is 0.230 e. The molecule has 0 aliphatic carbocycles. The number of hydrogen-bond acceptors (Lipinski definition) is 3. The van der Waals surface area contributed by atoms with Gasteiger partial charge in [-0.15, -0.1) is 11.8 Å². The van der Waals surface area contributed by atoms with Gasteiger partial charge >= 0.3 is 0 Å². The molecular weight excluding hydrogens is 246 g/mol. The van der Waals surface area contributed by atoms with E-state index in [0.717, 1.165) is 19.6 Å². The first-order valence-corrected chi connectivity index (χ1v) is 7.80. The summed E-state index contributed by atoms with van der Waals surface area (Å²) < 4.78 is 5.86. The fourth-order valence-electron chi connectivity index (χ4n) is 2.19. The van der Waals surface area contributed by atoms with Crippen LogP contribution in [0.15, 0.2) is 0 Å². The van der Waals surface area contributed by atoms with Crippen molar-refractivity contribution >= 4 is 17.7 Å². The lowest BCUT2D eigenvalue weighted by atomic mass is 9.93. The van der Waals surface area contributed by atoms with Crippen LogP contribution in [0.3, 0.4) is 0 Å². The van der Waals surface area contributed by atoms with E-state index in [0.29, 0.717) is 23.7 Å². The van der Waals surface area contributed by atoms with Crippen molar-refractivity contribution < 1.29 is 9.53 Å². The van der Waals surface area contributed by atoms with Crippen molar-refractivity contribution in [3.63, 3.8) is 0 Å². The number of nitrogens with one attached hydrogen (secondary N) is 1. The van der Waals surface area contributed by atoms with Crippen molar-refractivity contribution in [2.45, 2.75) is 51.9 Å². The van der Waals surface area contributed by atoms with Gasteiger partial charge in [0.05, 0.1) is 11.9 Å². The SMILES string of the molecule is CC(C)C1OCCC1CNC(=O)CSC(C)(C)C. The molecule has 2 unspecified atom stereocenters. The second-order valence-corrected chi connectivity index (χ2v) is 8.14. The van der Waals surface area contributed by atoms with Crippen LogP contribution in [0.25, 0.3) is 0 Å². The summed E-state index contributed by atoms with van der Waals surface area (Å²) in [5.74, 6) is 1.69. The fraction of sp³-hybridized carbons (Fsp3) is 0.929. The Kier molecular flexibility index (Phi) is 5.99. The number of ether oxygens (including phenoxy) is 1. The Morgan fingerprint density at radius 3 is 2.67 bits per heavy atom. The summed E-state index contributed by atoms with van der Waals surface area (Å²) in [5, 5.41) is 3.04. The topological polar surface area (TPSA) is 38.3 Å². The van der Waals surface area contributed by atoms with Crippen LogP contribution in [0.2, 0.25) is 0 Å². The summed E-state index contributed by atoms with van der Waals surface area (Å²) in [7, 11) is 0. The van der Waals surface area contributed by atoms with Crippen LogP contribution in [-0.4, -0.2) is 35.7 Å². The molecule has 3 nitrogen and oxygen atoms in total. The predicted octanol–water partition coefficient (Wildman–Crippen LogP) is 2.70. The molecule has 106 valence electrons. The van der Waals surface area contributed by atoms with Gasteiger partial charge in [-0.25, -0.2) is 0 Å². The summed E-state index contributed by atoms with van der Waals surface area (Å²) in [6.07, 6.45) is 1.37. The zero-order chi connectivity index (χ0) is 13.8. The van der Waals surface area contributed by atoms with Crippen LogP contribution >= 0.6 is 11.8 Å². The molecule has 1 aliphatic heterocycles. The van der Waals surface area contributed by atoms with Crippen LogP contribution in [0.5, 0.6) is 0 Å². The number of hydrogen-bond donors (Lipinski definition) is 1. The third-order valence-corrected chi connectivity index (χ3v) is 4.39. The second kappa shape index (κ2) is 6.80. The molecule has 1 aliphatic rings. The molecule has 1 rings (SSSR count). The maximum absolute atomic E-state index is 11.8. The minimum Gasteiger partial charge on any atom is -0.378 e. The Morgan fingerprint density at radius 2 is 2.11 bits per heavy atom. The average Bonchev–Trinajstić information content (AvgIpc) is 2.70. The van der Waals surface area contributed by atoms with Crippen molar-refractivity contribution in [1.82, 2.24) is 5.32 Å². The highest BCUT2D eigenvalue weighted by molar-refractivity contribution is 8.01. The lowest BCUT2D eigenvalue weighted by molar-refractivity contribution is -0.118. The van der Waals surface area contributed by atoms with Gasteiger partial charge in [0.2, 0.25) is 5.91 Å². The molecule has 0 spiro atoms. The van der Waals surface area contributed by atoms with E-state index in [1.807, 2.05) is 0 Å². The summed E-state index contributed by atoms with van der Waals surface area (Å²) in [5.41, 5.74) is 0. The standard InChI is InChI=1S/C14H27NO2S/c1-10(2)13-11(6-7-17-13)8-15-12(16)9-18-14(3,4)5/h10-11,13H,6-9H2,1-5H3,(H,15,16). The molecular formula is C14H27NO2S. The minimum absolute atomic E-state index is 0.143. The van der Waals surface area contributed by atoms with E-state index in [4.69, 9.17) is 4.74 Å². The zero-order valence-electron chi connectivity index (χ0n) is 12.3. The van der Waals surface area contributed by atoms with Gasteiger partial charge in [0, 0.05) is 23.8 Å². The molecule has 18 heavy (non-hydrogen) atoms. The number of carbonyl (C=O) groups is 1. The number of thioether (sulfide) groups is 1. The van der Waals surface area contributed by atoms with E-state index in [1.54, 1.807) is 11.8 Å². The van der Waals surface area contributed by atoms with E-state index in [9.17, 15) is 4.79 Å². The Morgan fingerprint density at radius 1 is 1.44 bits per heavy atom. The van der Waals surface area contributed by atoms with E-state index in [1.165, 1.54) is 0 Å². The molecule has 1 saturated heterocycles. The van der Waals surface area contributed by atoms with Crippen molar-refractivity contribution in [1.29, 1.82) is 0 Å². The molecule has 0 bridgehead atoms. The molecule has 0 saturated carbocycles. The van der Waals surface area contributed by atoms with Gasteiger partial charge < -0.3 is 10.1 Å². The lowest BCUT2D eigenvalue weighted by Gasteiger charge is -2.22. The molecule has 0 aromatic rings. The van der Waals surface area contributed by atoms with Gasteiger partial charge in [-0.3, -0.25) is 4.79 Å². The Balaban J connectivity index is 2.26. The molecule has 1 N–H and O–H groups in total. The van der Waals surface area contributed by atoms with E-state index in [-0.39, 0.29) is 10.7 Å². The summed E-state index contributed by atoms with van der Waals surface area (Å²) in [6, 6.07) is 0. The van der Waals surface area contributed by atoms with Crippen molar-refractivity contribution in [2.24, 2.45) is 11.8 Å². The van der Waals surface area contributed by atoms with Crippen LogP contribution in [0.1, 0.15) is 41.0 Å². The molecule has 1 fully saturated rings.